The monoisotopic (exact) mass is 616 g/mol. The normalized spacial score (nSPS) is 16.9. The van der Waals surface area contributed by atoms with Crippen LogP contribution in [0.15, 0.2) is 28.7 Å². The SMILES string of the molecule is COc1cc(N2CCC(c3nc(C(=O)N4CCC(n5nnc6cc(C(F)(F)F)ccc65)CC4)c(OC)o3)CC2)nc(OC)n1. The van der Waals surface area contributed by atoms with Gasteiger partial charge in [0, 0.05) is 38.2 Å². The molecule has 234 valence electrons. The first kappa shape index (κ1) is 29.4. The van der Waals surface area contributed by atoms with Gasteiger partial charge in [0.2, 0.25) is 17.5 Å². The molecule has 4 aromatic rings. The lowest BCUT2D eigenvalue weighted by Gasteiger charge is -2.32. The zero-order valence-corrected chi connectivity index (χ0v) is 24.4. The number of aromatic nitrogens is 6. The summed E-state index contributed by atoms with van der Waals surface area (Å²) >= 11 is 0. The van der Waals surface area contributed by atoms with Gasteiger partial charge in [0.25, 0.3) is 5.91 Å². The lowest BCUT2D eigenvalue weighted by Crippen LogP contribution is -2.39. The number of amides is 1. The Kier molecular flexibility index (Phi) is 7.90. The average molecular weight is 617 g/mol. The van der Waals surface area contributed by atoms with Crippen molar-refractivity contribution in [3.05, 3.63) is 41.4 Å². The van der Waals surface area contributed by atoms with Crippen LogP contribution < -0.4 is 19.1 Å². The van der Waals surface area contributed by atoms with E-state index in [0.717, 1.165) is 12.1 Å². The topological polar surface area (TPSA) is 134 Å². The Bertz CT molecular complexity index is 1620. The third-order valence-electron chi connectivity index (χ3n) is 8.13. The summed E-state index contributed by atoms with van der Waals surface area (Å²) in [6, 6.07) is 5.29. The van der Waals surface area contributed by atoms with Crippen LogP contribution in [-0.4, -0.2) is 88.3 Å². The van der Waals surface area contributed by atoms with Crippen molar-refractivity contribution in [1.82, 2.24) is 34.8 Å². The molecular weight excluding hydrogens is 585 g/mol. The van der Waals surface area contributed by atoms with Crippen molar-refractivity contribution in [2.75, 3.05) is 52.4 Å². The Morgan fingerprint density at radius 1 is 0.932 bits per heavy atom. The highest BCUT2D eigenvalue weighted by molar-refractivity contribution is 5.94. The average Bonchev–Trinajstić information content (AvgIpc) is 3.68. The molecule has 5 heterocycles. The standard InChI is InChI=1S/C28H31F3N8O5/c1-41-22-15-21(32-27(33-22)43-3)37-10-6-16(7-11-37)24-34-23(26(42-2)44-24)25(40)38-12-8-18(9-13-38)39-20-5-4-17(28(29,30)31)14-19(20)35-36-39/h4-5,14-16,18H,6-13H2,1-3H3. The van der Waals surface area contributed by atoms with Gasteiger partial charge in [-0.3, -0.25) is 4.79 Å². The number of methoxy groups -OCH3 is 3. The van der Waals surface area contributed by atoms with E-state index in [9.17, 15) is 18.0 Å². The number of nitrogens with zero attached hydrogens (tertiary/aromatic N) is 8. The van der Waals surface area contributed by atoms with Gasteiger partial charge in [-0.2, -0.15) is 23.1 Å². The van der Waals surface area contributed by atoms with Crippen molar-refractivity contribution in [2.45, 2.75) is 43.8 Å². The number of hydrogen-bond acceptors (Lipinski definition) is 11. The molecule has 0 N–H and O–H groups in total. The summed E-state index contributed by atoms with van der Waals surface area (Å²) in [5.41, 5.74) is 0.0608. The van der Waals surface area contributed by atoms with Gasteiger partial charge in [0.15, 0.2) is 0 Å². The second kappa shape index (κ2) is 11.8. The van der Waals surface area contributed by atoms with Crippen LogP contribution >= 0.6 is 0 Å². The Balaban J connectivity index is 1.10. The number of fused-ring (bicyclic) bond motifs is 1. The van der Waals surface area contributed by atoms with Crippen LogP contribution in [-0.2, 0) is 6.18 Å². The van der Waals surface area contributed by atoms with Gasteiger partial charge in [0.05, 0.1) is 38.5 Å². The van der Waals surface area contributed by atoms with E-state index in [1.54, 1.807) is 15.6 Å². The van der Waals surface area contributed by atoms with E-state index in [1.165, 1.54) is 27.4 Å². The first-order valence-corrected chi connectivity index (χ1v) is 14.2. The van der Waals surface area contributed by atoms with E-state index < -0.39 is 11.7 Å². The summed E-state index contributed by atoms with van der Waals surface area (Å²) < 4.78 is 62.7. The van der Waals surface area contributed by atoms with Crippen LogP contribution in [0.2, 0.25) is 0 Å². The third kappa shape index (κ3) is 5.67. The molecule has 6 rings (SSSR count). The fourth-order valence-electron chi connectivity index (χ4n) is 5.73. The fraction of sp³-hybridized carbons (Fsp3) is 0.500. The number of piperidine rings is 2. The molecule has 0 radical (unpaired) electrons. The molecule has 0 saturated carbocycles. The van der Waals surface area contributed by atoms with E-state index >= 15 is 0 Å². The number of alkyl halides is 3. The number of hydrogen-bond donors (Lipinski definition) is 0. The minimum absolute atomic E-state index is 0.0171. The fourth-order valence-corrected chi connectivity index (χ4v) is 5.73. The van der Waals surface area contributed by atoms with Crippen molar-refractivity contribution in [1.29, 1.82) is 0 Å². The summed E-state index contributed by atoms with van der Waals surface area (Å²) in [4.78, 5) is 30.5. The highest BCUT2D eigenvalue weighted by Crippen LogP contribution is 2.36. The minimum atomic E-state index is -4.45. The molecule has 0 bridgehead atoms. The van der Waals surface area contributed by atoms with E-state index in [1.807, 2.05) is 0 Å². The zero-order chi connectivity index (χ0) is 31.0. The molecule has 1 aromatic carbocycles. The molecule has 16 heteroatoms. The summed E-state index contributed by atoms with van der Waals surface area (Å²) in [5, 5.41) is 8.07. The summed E-state index contributed by atoms with van der Waals surface area (Å²) in [7, 11) is 4.47. The van der Waals surface area contributed by atoms with Crippen LogP contribution in [0, 0.1) is 0 Å². The van der Waals surface area contributed by atoms with E-state index in [4.69, 9.17) is 18.6 Å². The van der Waals surface area contributed by atoms with Gasteiger partial charge < -0.3 is 28.4 Å². The Morgan fingerprint density at radius 3 is 2.34 bits per heavy atom. The van der Waals surface area contributed by atoms with Gasteiger partial charge in [-0.15, -0.1) is 5.10 Å². The number of ether oxygens (including phenoxy) is 3. The van der Waals surface area contributed by atoms with Crippen LogP contribution in [0.25, 0.3) is 11.0 Å². The zero-order valence-electron chi connectivity index (χ0n) is 24.4. The van der Waals surface area contributed by atoms with Crippen molar-refractivity contribution < 1.29 is 36.6 Å². The molecule has 0 spiro atoms. The first-order chi connectivity index (χ1) is 21.2. The van der Waals surface area contributed by atoms with Gasteiger partial charge in [-0.25, -0.2) is 9.67 Å². The van der Waals surface area contributed by atoms with Crippen molar-refractivity contribution in [3.63, 3.8) is 0 Å². The number of carbonyl (C=O) groups excluding carboxylic acids is 1. The quantitative estimate of drug-likeness (QED) is 0.297. The largest absolute Gasteiger partial charge is 0.481 e. The molecule has 2 aliphatic rings. The Labute approximate surface area is 249 Å². The lowest BCUT2D eigenvalue weighted by atomic mass is 9.97. The predicted molar refractivity (Wildman–Crippen MR) is 149 cm³/mol. The molecule has 0 unspecified atom stereocenters. The van der Waals surface area contributed by atoms with E-state index in [0.29, 0.717) is 75.0 Å². The summed E-state index contributed by atoms with van der Waals surface area (Å²) in [6.07, 6.45) is -1.92. The number of carbonyl (C=O) groups is 1. The second-order valence-corrected chi connectivity index (χ2v) is 10.7. The molecule has 44 heavy (non-hydrogen) atoms. The number of oxazole rings is 1. The van der Waals surface area contributed by atoms with Crippen LogP contribution in [0.1, 0.15) is 59.6 Å². The maximum absolute atomic E-state index is 13.5. The maximum atomic E-state index is 13.5. The first-order valence-electron chi connectivity index (χ1n) is 14.2. The van der Waals surface area contributed by atoms with Crippen LogP contribution in [0.5, 0.6) is 17.8 Å². The Hall–Kier alpha value is -4.63. The molecule has 1 amide bonds. The maximum Gasteiger partial charge on any atom is 0.416 e. The number of likely N-dealkylation sites (tertiary alicyclic amines) is 1. The van der Waals surface area contributed by atoms with Gasteiger partial charge in [0.1, 0.15) is 11.3 Å². The molecule has 0 aliphatic carbocycles. The minimum Gasteiger partial charge on any atom is -0.481 e. The number of benzene rings is 1. The number of rotatable bonds is 7. The van der Waals surface area contributed by atoms with Crippen molar-refractivity contribution in [2.24, 2.45) is 0 Å². The van der Waals surface area contributed by atoms with E-state index in [2.05, 4.69) is 30.2 Å². The lowest BCUT2D eigenvalue weighted by molar-refractivity contribution is -0.137. The molecule has 2 aliphatic heterocycles. The number of halogens is 3. The summed E-state index contributed by atoms with van der Waals surface area (Å²) in [5.74, 6) is 1.31. The summed E-state index contributed by atoms with van der Waals surface area (Å²) in [6.45, 7) is 2.15. The molecule has 3 aromatic heterocycles. The number of anilines is 1. The molecular formula is C28H31F3N8O5. The van der Waals surface area contributed by atoms with Crippen molar-refractivity contribution in [3.8, 4) is 17.8 Å². The van der Waals surface area contributed by atoms with Gasteiger partial charge in [-0.1, -0.05) is 5.21 Å². The smallest absolute Gasteiger partial charge is 0.416 e. The highest BCUT2D eigenvalue weighted by Gasteiger charge is 2.34. The van der Waals surface area contributed by atoms with Crippen LogP contribution in [0.3, 0.4) is 0 Å². The second-order valence-electron chi connectivity index (χ2n) is 10.7. The highest BCUT2D eigenvalue weighted by atomic mass is 19.4. The predicted octanol–water partition coefficient (Wildman–Crippen LogP) is 4.12. The molecule has 2 saturated heterocycles. The third-order valence-corrected chi connectivity index (χ3v) is 8.13. The molecule has 13 nitrogen and oxygen atoms in total. The Morgan fingerprint density at radius 2 is 1.68 bits per heavy atom. The molecule has 2 fully saturated rings. The van der Waals surface area contributed by atoms with Gasteiger partial charge in [-0.05, 0) is 43.9 Å². The van der Waals surface area contributed by atoms with Crippen molar-refractivity contribution >= 4 is 22.8 Å². The molecule has 0 atom stereocenters. The van der Waals surface area contributed by atoms with E-state index in [-0.39, 0.29) is 41.0 Å². The van der Waals surface area contributed by atoms with Crippen LogP contribution in [0.4, 0.5) is 19.0 Å². The van der Waals surface area contributed by atoms with Gasteiger partial charge >= 0.3 is 18.1 Å².